The molecule has 0 spiro atoms. The number of halogens is 1. The Balaban J connectivity index is 1.78. The highest BCUT2D eigenvalue weighted by Gasteiger charge is 2.29. The molecule has 22 heavy (non-hydrogen) atoms. The van der Waals surface area contributed by atoms with E-state index in [0.29, 0.717) is 29.7 Å². The second-order valence-corrected chi connectivity index (χ2v) is 5.20. The summed E-state index contributed by atoms with van der Waals surface area (Å²) in [4.78, 5) is 0. The van der Waals surface area contributed by atoms with Gasteiger partial charge in [-0.1, -0.05) is 0 Å². The van der Waals surface area contributed by atoms with E-state index in [1.165, 1.54) is 6.07 Å². The van der Waals surface area contributed by atoms with E-state index in [4.69, 9.17) is 10.00 Å². The number of phenols is 1. The van der Waals surface area contributed by atoms with Crippen LogP contribution in [0, 0.1) is 11.3 Å². The first-order chi connectivity index (χ1) is 10.7. The lowest BCUT2D eigenvalue weighted by molar-refractivity contribution is 0.119. The topological polar surface area (TPSA) is 79.0 Å². The first kappa shape index (κ1) is 14.3. The first-order valence-electron chi connectivity index (χ1n) is 7.05. The van der Waals surface area contributed by atoms with Gasteiger partial charge in [0, 0.05) is 11.6 Å². The molecule has 3 rings (SSSR count). The molecule has 0 radical (unpaired) electrons. The fourth-order valence-corrected chi connectivity index (χ4v) is 2.51. The molecule has 1 aromatic heterocycles. The van der Waals surface area contributed by atoms with Crippen molar-refractivity contribution in [1.82, 2.24) is 10.2 Å². The van der Waals surface area contributed by atoms with Crippen LogP contribution in [0.15, 0.2) is 30.3 Å². The van der Waals surface area contributed by atoms with Gasteiger partial charge in [-0.3, -0.25) is 0 Å². The van der Waals surface area contributed by atoms with E-state index in [-0.39, 0.29) is 11.6 Å². The number of ether oxygens (including phenoxy) is 1. The minimum atomic E-state index is -0.955. The predicted molar refractivity (Wildman–Crippen MR) is 77.0 cm³/mol. The van der Waals surface area contributed by atoms with E-state index in [1.807, 2.05) is 6.07 Å². The van der Waals surface area contributed by atoms with Crippen LogP contribution in [0.25, 0.3) is 11.3 Å². The van der Waals surface area contributed by atoms with Crippen LogP contribution in [-0.4, -0.2) is 27.6 Å². The van der Waals surface area contributed by atoms with Crippen molar-refractivity contribution in [1.29, 1.82) is 5.26 Å². The summed E-state index contributed by atoms with van der Waals surface area (Å²) in [6, 6.07) is 9.76. The van der Waals surface area contributed by atoms with Crippen LogP contribution < -0.4 is 4.74 Å². The summed E-state index contributed by atoms with van der Waals surface area (Å²) >= 11 is 0. The zero-order valence-corrected chi connectivity index (χ0v) is 11.7. The molecule has 0 saturated heterocycles. The van der Waals surface area contributed by atoms with Gasteiger partial charge in [0.25, 0.3) is 0 Å². The molecule has 2 atom stereocenters. The zero-order valence-electron chi connectivity index (χ0n) is 11.7. The second kappa shape index (κ2) is 5.98. The fourth-order valence-electron chi connectivity index (χ4n) is 2.51. The van der Waals surface area contributed by atoms with Crippen molar-refractivity contribution in [2.45, 2.75) is 31.5 Å². The molecule has 1 fully saturated rings. The van der Waals surface area contributed by atoms with Gasteiger partial charge in [-0.15, -0.1) is 10.2 Å². The Morgan fingerprint density at radius 1 is 1.23 bits per heavy atom. The normalized spacial score (nSPS) is 20.5. The Labute approximate surface area is 127 Å². The predicted octanol–water partition coefficient (Wildman–Crippen LogP) is 2.99. The van der Waals surface area contributed by atoms with Gasteiger partial charge in [0.2, 0.25) is 5.88 Å². The third kappa shape index (κ3) is 2.84. The lowest BCUT2D eigenvalue weighted by Gasteiger charge is -2.14. The Bertz CT molecular complexity index is 712. The van der Waals surface area contributed by atoms with E-state index < -0.39 is 12.3 Å². The molecule has 5 nitrogen and oxygen atoms in total. The minimum absolute atomic E-state index is 0.0402. The maximum absolute atomic E-state index is 13.5. The SMILES string of the molecule is N#Cc1ccc(-c2ccc(O[C@H]3CCC[C@H]3F)nn2)c(O)c1. The lowest BCUT2D eigenvalue weighted by Crippen LogP contribution is -2.22. The van der Waals surface area contributed by atoms with Crippen molar-refractivity contribution in [2.24, 2.45) is 0 Å². The standard InChI is InChI=1S/C16H14FN3O2/c17-12-2-1-3-15(12)22-16-7-6-13(19-20-16)11-5-4-10(9-18)8-14(11)21/h4-8,12,15,21H,1-3H2/t12-,15+/m1/s1. The number of hydrogen-bond donors (Lipinski definition) is 1. The molecular weight excluding hydrogens is 285 g/mol. The number of benzene rings is 1. The highest BCUT2D eigenvalue weighted by Crippen LogP contribution is 2.30. The van der Waals surface area contributed by atoms with Crippen LogP contribution in [0.4, 0.5) is 4.39 Å². The minimum Gasteiger partial charge on any atom is -0.507 e. The molecule has 1 aromatic carbocycles. The van der Waals surface area contributed by atoms with E-state index in [2.05, 4.69) is 10.2 Å². The van der Waals surface area contributed by atoms with Crippen molar-refractivity contribution >= 4 is 0 Å². The summed E-state index contributed by atoms with van der Waals surface area (Å²) in [6.07, 6.45) is 0.611. The Morgan fingerprint density at radius 3 is 2.68 bits per heavy atom. The van der Waals surface area contributed by atoms with Gasteiger partial charge in [-0.2, -0.15) is 5.26 Å². The maximum atomic E-state index is 13.5. The number of aromatic hydroxyl groups is 1. The number of alkyl halides is 1. The molecule has 0 amide bonds. The van der Waals surface area contributed by atoms with Gasteiger partial charge in [0.1, 0.15) is 18.0 Å². The molecule has 0 unspecified atom stereocenters. The van der Waals surface area contributed by atoms with Crippen LogP contribution in [-0.2, 0) is 0 Å². The summed E-state index contributed by atoms with van der Waals surface area (Å²) in [7, 11) is 0. The highest BCUT2D eigenvalue weighted by molar-refractivity contribution is 5.67. The van der Waals surface area contributed by atoms with Crippen LogP contribution in [0.1, 0.15) is 24.8 Å². The number of rotatable bonds is 3. The van der Waals surface area contributed by atoms with Crippen molar-refractivity contribution < 1.29 is 14.2 Å². The number of phenolic OH excluding ortho intramolecular Hbond substituents is 1. The van der Waals surface area contributed by atoms with E-state index in [1.54, 1.807) is 24.3 Å². The van der Waals surface area contributed by atoms with Crippen LogP contribution in [0.2, 0.25) is 0 Å². The molecule has 112 valence electrons. The average Bonchev–Trinajstić information content (AvgIpc) is 2.93. The van der Waals surface area contributed by atoms with Crippen LogP contribution in [0.5, 0.6) is 11.6 Å². The Hall–Kier alpha value is -2.68. The molecule has 1 saturated carbocycles. The van der Waals surface area contributed by atoms with Gasteiger partial charge in [-0.25, -0.2) is 4.39 Å². The molecular formula is C16H14FN3O2. The molecule has 1 aliphatic carbocycles. The number of nitriles is 1. The lowest BCUT2D eigenvalue weighted by atomic mass is 10.1. The molecule has 0 bridgehead atoms. The van der Waals surface area contributed by atoms with E-state index >= 15 is 0 Å². The third-order valence-electron chi connectivity index (χ3n) is 3.69. The van der Waals surface area contributed by atoms with Crippen molar-refractivity contribution in [3.05, 3.63) is 35.9 Å². The number of hydrogen-bond acceptors (Lipinski definition) is 5. The maximum Gasteiger partial charge on any atom is 0.233 e. The van der Waals surface area contributed by atoms with Gasteiger partial charge >= 0.3 is 0 Å². The molecule has 1 aliphatic rings. The zero-order chi connectivity index (χ0) is 15.5. The van der Waals surface area contributed by atoms with Gasteiger partial charge in [0.15, 0.2) is 0 Å². The second-order valence-electron chi connectivity index (χ2n) is 5.20. The van der Waals surface area contributed by atoms with E-state index in [0.717, 1.165) is 6.42 Å². The van der Waals surface area contributed by atoms with Crippen molar-refractivity contribution in [2.75, 3.05) is 0 Å². The molecule has 2 aromatic rings. The summed E-state index contributed by atoms with van der Waals surface area (Å²) in [5.41, 5.74) is 1.30. The highest BCUT2D eigenvalue weighted by atomic mass is 19.1. The van der Waals surface area contributed by atoms with E-state index in [9.17, 15) is 9.50 Å². The van der Waals surface area contributed by atoms with Gasteiger partial charge < -0.3 is 9.84 Å². The van der Waals surface area contributed by atoms with Crippen molar-refractivity contribution in [3.63, 3.8) is 0 Å². The molecule has 0 aliphatic heterocycles. The van der Waals surface area contributed by atoms with Gasteiger partial charge in [-0.05, 0) is 43.5 Å². The molecule has 6 heteroatoms. The quantitative estimate of drug-likeness (QED) is 0.942. The van der Waals surface area contributed by atoms with Crippen LogP contribution >= 0.6 is 0 Å². The largest absolute Gasteiger partial charge is 0.507 e. The monoisotopic (exact) mass is 299 g/mol. The van der Waals surface area contributed by atoms with Gasteiger partial charge in [0.05, 0.1) is 17.3 Å². The summed E-state index contributed by atoms with van der Waals surface area (Å²) in [5, 5.41) is 26.6. The summed E-state index contributed by atoms with van der Waals surface area (Å²) in [6.45, 7) is 0. The van der Waals surface area contributed by atoms with Crippen molar-refractivity contribution in [3.8, 4) is 29.0 Å². The molecule has 1 N–H and O–H groups in total. The Morgan fingerprint density at radius 2 is 2.09 bits per heavy atom. The number of aromatic nitrogens is 2. The third-order valence-corrected chi connectivity index (χ3v) is 3.69. The van der Waals surface area contributed by atoms with Crippen LogP contribution in [0.3, 0.4) is 0 Å². The first-order valence-corrected chi connectivity index (χ1v) is 7.05. The fraction of sp³-hybridized carbons (Fsp3) is 0.312. The summed E-state index contributed by atoms with van der Waals surface area (Å²) in [5.74, 6) is 0.230. The summed E-state index contributed by atoms with van der Waals surface area (Å²) < 4.78 is 19.0. The number of nitrogens with zero attached hydrogens (tertiary/aromatic N) is 3. The smallest absolute Gasteiger partial charge is 0.233 e. The Kier molecular flexibility index (Phi) is 3.88. The average molecular weight is 299 g/mol. The molecule has 1 heterocycles.